The molecule has 4 N–H and O–H groups in total. The molecule has 2 aromatic carbocycles. The van der Waals surface area contributed by atoms with Crippen LogP contribution in [0.3, 0.4) is 0 Å². The molecule has 2 nitrogen and oxygen atoms in total. The third-order valence-electron chi connectivity index (χ3n) is 4.36. The molecule has 0 bridgehead atoms. The molecule has 0 saturated heterocycles. The van der Waals surface area contributed by atoms with E-state index in [9.17, 15) is 0 Å². The quantitative estimate of drug-likeness (QED) is 0.769. The van der Waals surface area contributed by atoms with E-state index < -0.39 is 0 Å². The molecule has 0 heterocycles. The molecule has 2 aliphatic rings. The minimum atomic E-state index is 0.302. The predicted octanol–water partition coefficient (Wildman–Crippen LogP) is 3.27. The van der Waals surface area contributed by atoms with Crippen LogP contribution < -0.4 is 11.5 Å². The lowest BCUT2D eigenvalue weighted by atomic mass is 10.1. The molecule has 0 radical (unpaired) electrons. The second-order valence-electron chi connectivity index (χ2n) is 5.69. The van der Waals surface area contributed by atoms with Crippen molar-refractivity contribution in [3.63, 3.8) is 0 Å². The second-order valence-corrected chi connectivity index (χ2v) is 5.69. The highest BCUT2D eigenvalue weighted by atomic mass is 14.6. The average Bonchev–Trinajstić information content (AvgIpc) is 3.05. The maximum absolute atomic E-state index is 5.85. The maximum atomic E-state index is 5.85. The van der Waals surface area contributed by atoms with E-state index in [1.807, 2.05) is 0 Å². The number of aryl methyl sites for hydroxylation is 2. The van der Waals surface area contributed by atoms with Crippen molar-refractivity contribution in [2.24, 2.45) is 11.5 Å². The predicted molar refractivity (Wildman–Crippen MR) is 83.4 cm³/mol. The molecule has 2 heteroatoms. The van der Waals surface area contributed by atoms with E-state index in [1.165, 1.54) is 22.3 Å². The average molecular weight is 266 g/mol. The summed E-state index contributed by atoms with van der Waals surface area (Å²) in [6, 6.07) is 17.5. The van der Waals surface area contributed by atoms with Crippen molar-refractivity contribution in [1.29, 1.82) is 0 Å². The smallest absolute Gasteiger partial charge is 0.0300 e. The second kappa shape index (κ2) is 5.78. The highest BCUT2D eigenvalue weighted by Gasteiger charge is 2.17. The molecular formula is C18H22N2. The fourth-order valence-electron chi connectivity index (χ4n) is 3.18. The Hall–Kier alpha value is -1.64. The van der Waals surface area contributed by atoms with Gasteiger partial charge in [0.25, 0.3) is 0 Å². The van der Waals surface area contributed by atoms with Crippen LogP contribution in [0.25, 0.3) is 0 Å². The van der Waals surface area contributed by atoms with Crippen LogP contribution in [-0.4, -0.2) is 0 Å². The van der Waals surface area contributed by atoms with Crippen molar-refractivity contribution in [1.82, 2.24) is 0 Å². The van der Waals surface area contributed by atoms with Crippen molar-refractivity contribution >= 4 is 0 Å². The van der Waals surface area contributed by atoms with E-state index in [0.717, 1.165) is 25.7 Å². The first-order valence-corrected chi connectivity index (χ1v) is 7.42. The Morgan fingerprint density at radius 2 is 1.05 bits per heavy atom. The molecular weight excluding hydrogens is 244 g/mol. The van der Waals surface area contributed by atoms with Crippen molar-refractivity contribution < 1.29 is 0 Å². The summed E-state index contributed by atoms with van der Waals surface area (Å²) in [5.41, 5.74) is 17.3. The summed E-state index contributed by atoms with van der Waals surface area (Å²) in [7, 11) is 0. The van der Waals surface area contributed by atoms with Crippen LogP contribution in [0.2, 0.25) is 0 Å². The van der Waals surface area contributed by atoms with Gasteiger partial charge >= 0.3 is 0 Å². The highest BCUT2D eigenvalue weighted by Crippen LogP contribution is 2.28. The molecule has 0 fully saturated rings. The van der Waals surface area contributed by atoms with Gasteiger partial charge in [0, 0.05) is 12.1 Å². The molecule has 2 atom stereocenters. The number of fused-ring (bicyclic) bond motifs is 2. The van der Waals surface area contributed by atoms with Crippen LogP contribution in [-0.2, 0) is 12.8 Å². The van der Waals surface area contributed by atoms with Crippen LogP contribution in [0.5, 0.6) is 0 Å². The molecule has 0 unspecified atom stereocenters. The first-order chi connectivity index (χ1) is 9.75. The van der Waals surface area contributed by atoms with E-state index in [-0.39, 0.29) is 0 Å². The number of nitrogens with two attached hydrogens (primary N) is 2. The number of rotatable bonds is 0. The third-order valence-corrected chi connectivity index (χ3v) is 4.36. The summed E-state index contributed by atoms with van der Waals surface area (Å²) < 4.78 is 0. The number of benzene rings is 2. The summed E-state index contributed by atoms with van der Waals surface area (Å²) >= 11 is 0. The standard InChI is InChI=1S/2C9H11N/c2*10-9-6-5-7-3-1-2-4-8(7)9/h2*1-4,9H,5-6,10H2/t2*9-/m10/s1. The number of hydrogen-bond acceptors (Lipinski definition) is 2. The van der Waals surface area contributed by atoms with Crippen molar-refractivity contribution in [2.45, 2.75) is 37.8 Å². The van der Waals surface area contributed by atoms with E-state index in [0.29, 0.717) is 12.1 Å². The fraction of sp³-hybridized carbons (Fsp3) is 0.333. The summed E-state index contributed by atoms with van der Waals surface area (Å²) in [5, 5.41) is 0. The van der Waals surface area contributed by atoms with E-state index >= 15 is 0 Å². The molecule has 4 rings (SSSR count). The summed E-state index contributed by atoms with van der Waals surface area (Å²) in [6.45, 7) is 0. The van der Waals surface area contributed by atoms with Gasteiger partial charge in [-0.25, -0.2) is 0 Å². The zero-order valence-corrected chi connectivity index (χ0v) is 11.8. The summed E-state index contributed by atoms with van der Waals surface area (Å²) in [6.07, 6.45) is 4.58. The molecule has 104 valence electrons. The highest BCUT2D eigenvalue weighted by molar-refractivity contribution is 5.34. The molecule has 0 spiro atoms. The van der Waals surface area contributed by atoms with E-state index in [1.54, 1.807) is 0 Å². The molecule has 20 heavy (non-hydrogen) atoms. The zero-order chi connectivity index (χ0) is 13.9. The van der Waals surface area contributed by atoms with Gasteiger partial charge in [-0.15, -0.1) is 0 Å². The fourth-order valence-corrected chi connectivity index (χ4v) is 3.18. The van der Waals surface area contributed by atoms with E-state index in [4.69, 9.17) is 11.5 Å². The molecule has 2 aliphatic carbocycles. The van der Waals surface area contributed by atoms with Gasteiger partial charge in [-0.3, -0.25) is 0 Å². The molecule has 2 aromatic rings. The zero-order valence-electron chi connectivity index (χ0n) is 11.8. The van der Waals surface area contributed by atoms with Crippen LogP contribution in [0.1, 0.15) is 47.2 Å². The number of hydrogen-bond donors (Lipinski definition) is 2. The topological polar surface area (TPSA) is 52.0 Å². The summed E-state index contributed by atoms with van der Waals surface area (Å²) in [4.78, 5) is 0. The Labute approximate surface area is 120 Å². The summed E-state index contributed by atoms with van der Waals surface area (Å²) in [5.74, 6) is 0. The largest absolute Gasteiger partial charge is 0.324 e. The lowest BCUT2D eigenvalue weighted by Gasteiger charge is -2.01. The van der Waals surface area contributed by atoms with Crippen molar-refractivity contribution in [3.8, 4) is 0 Å². The maximum Gasteiger partial charge on any atom is 0.0300 e. The SMILES string of the molecule is N[C@@H]1CCc2ccccc21.N[C@H]1CCc2ccccc21. The Kier molecular flexibility index (Phi) is 3.86. The minimum absolute atomic E-state index is 0.302. The van der Waals surface area contributed by atoms with Gasteiger partial charge in [-0.05, 0) is 47.9 Å². The van der Waals surface area contributed by atoms with Crippen LogP contribution in [0.4, 0.5) is 0 Å². The Balaban J connectivity index is 0.000000121. The first kappa shape index (κ1) is 13.3. The van der Waals surface area contributed by atoms with Crippen molar-refractivity contribution in [2.75, 3.05) is 0 Å². The lowest BCUT2D eigenvalue weighted by molar-refractivity contribution is 0.713. The van der Waals surface area contributed by atoms with Gasteiger partial charge in [-0.2, -0.15) is 0 Å². The Bertz CT molecular complexity index is 538. The van der Waals surface area contributed by atoms with Gasteiger partial charge in [0.1, 0.15) is 0 Å². The third kappa shape index (κ3) is 2.62. The normalized spacial score (nSPS) is 22.7. The molecule has 0 amide bonds. The van der Waals surface area contributed by atoms with Gasteiger partial charge in [0.15, 0.2) is 0 Å². The molecule has 0 saturated carbocycles. The molecule has 0 aromatic heterocycles. The Morgan fingerprint density at radius 3 is 1.45 bits per heavy atom. The van der Waals surface area contributed by atoms with Gasteiger partial charge in [0.2, 0.25) is 0 Å². The Morgan fingerprint density at radius 1 is 0.650 bits per heavy atom. The minimum Gasteiger partial charge on any atom is -0.324 e. The van der Waals surface area contributed by atoms with Crippen molar-refractivity contribution in [3.05, 3.63) is 70.8 Å². The monoisotopic (exact) mass is 266 g/mol. The van der Waals surface area contributed by atoms with Crippen LogP contribution >= 0.6 is 0 Å². The molecule has 0 aliphatic heterocycles. The van der Waals surface area contributed by atoms with Gasteiger partial charge in [-0.1, -0.05) is 48.5 Å². The van der Waals surface area contributed by atoms with Gasteiger partial charge in [0.05, 0.1) is 0 Å². The van der Waals surface area contributed by atoms with E-state index in [2.05, 4.69) is 48.5 Å². The first-order valence-electron chi connectivity index (χ1n) is 7.42. The van der Waals surface area contributed by atoms with Gasteiger partial charge < -0.3 is 11.5 Å². The lowest BCUT2D eigenvalue weighted by Crippen LogP contribution is -2.04. The van der Waals surface area contributed by atoms with Crippen LogP contribution in [0.15, 0.2) is 48.5 Å². The van der Waals surface area contributed by atoms with Crippen LogP contribution in [0, 0.1) is 0 Å².